The predicted octanol–water partition coefficient (Wildman–Crippen LogP) is 4.64. The fourth-order valence-electron chi connectivity index (χ4n) is 1.81. The van der Waals surface area contributed by atoms with Crippen LogP contribution in [0.2, 0.25) is 0 Å². The van der Waals surface area contributed by atoms with Gasteiger partial charge in [-0.1, -0.05) is 66.7 Å². The smallest absolute Gasteiger partial charge is 0.0305 e. The van der Waals surface area contributed by atoms with Crippen molar-refractivity contribution in [3.8, 4) is 0 Å². The van der Waals surface area contributed by atoms with Gasteiger partial charge in [0.25, 0.3) is 0 Å². The van der Waals surface area contributed by atoms with E-state index in [0.717, 1.165) is 5.92 Å². The molecule has 0 rings (SSSR count). The molecule has 0 aromatic carbocycles. The monoisotopic (exact) mass is 170 g/mol. The molecular formula is C12H26. The van der Waals surface area contributed by atoms with E-state index in [1.54, 1.807) is 0 Å². The Labute approximate surface area is 78.8 Å². The molecule has 0 radical (unpaired) electrons. The molecule has 0 spiro atoms. The Kier molecular flexibility index (Phi) is 5.61. The lowest BCUT2D eigenvalue weighted by Crippen LogP contribution is -2.23. The third-order valence-electron chi connectivity index (χ3n) is 3.80. The molecule has 0 bridgehead atoms. The summed E-state index contributed by atoms with van der Waals surface area (Å²) in [7, 11) is 0. The van der Waals surface area contributed by atoms with Crippen LogP contribution in [0.5, 0.6) is 0 Å². The summed E-state index contributed by atoms with van der Waals surface area (Å²) in [5.41, 5.74) is 0.592. The highest BCUT2D eigenvalue weighted by Crippen LogP contribution is 2.37. The molecule has 0 saturated carbocycles. The van der Waals surface area contributed by atoms with E-state index in [2.05, 4.69) is 34.6 Å². The molecule has 0 fully saturated rings. The van der Waals surface area contributed by atoms with E-state index in [-0.39, 0.29) is 0 Å². The summed E-state index contributed by atoms with van der Waals surface area (Å²) < 4.78 is 0. The van der Waals surface area contributed by atoms with E-state index in [1.165, 1.54) is 32.1 Å². The van der Waals surface area contributed by atoms with Gasteiger partial charge in [0, 0.05) is 0 Å². The summed E-state index contributed by atoms with van der Waals surface area (Å²) in [6, 6.07) is 0. The van der Waals surface area contributed by atoms with Crippen LogP contribution < -0.4 is 0 Å². The van der Waals surface area contributed by atoms with Crippen molar-refractivity contribution in [3.05, 3.63) is 0 Å². The molecule has 0 aliphatic rings. The Hall–Kier alpha value is 0. The maximum Gasteiger partial charge on any atom is -0.0305 e. The second-order valence-electron chi connectivity index (χ2n) is 4.40. The zero-order valence-electron chi connectivity index (χ0n) is 9.61. The van der Waals surface area contributed by atoms with Gasteiger partial charge in [-0.3, -0.25) is 0 Å². The summed E-state index contributed by atoms with van der Waals surface area (Å²) in [6.07, 6.45) is 6.81. The SMILES string of the molecule is CCCCC(C)C(C)(CC)CC. The minimum absolute atomic E-state index is 0.592. The van der Waals surface area contributed by atoms with Gasteiger partial charge in [-0.05, 0) is 11.3 Å². The average molecular weight is 170 g/mol. The largest absolute Gasteiger partial charge is 0.0654 e. The third-order valence-corrected chi connectivity index (χ3v) is 3.80. The summed E-state index contributed by atoms with van der Waals surface area (Å²) in [4.78, 5) is 0. The first-order chi connectivity index (χ1) is 5.60. The number of unbranched alkanes of at least 4 members (excludes halogenated alkanes) is 1. The minimum Gasteiger partial charge on any atom is -0.0654 e. The van der Waals surface area contributed by atoms with Crippen molar-refractivity contribution in [2.24, 2.45) is 11.3 Å². The molecule has 0 aromatic heterocycles. The standard InChI is InChI=1S/C12H26/c1-6-9-10-11(4)12(5,7-2)8-3/h11H,6-10H2,1-5H3. The van der Waals surface area contributed by atoms with Crippen LogP contribution in [-0.2, 0) is 0 Å². The van der Waals surface area contributed by atoms with Crippen molar-refractivity contribution < 1.29 is 0 Å². The van der Waals surface area contributed by atoms with Gasteiger partial charge in [-0.15, -0.1) is 0 Å². The molecule has 0 heterocycles. The van der Waals surface area contributed by atoms with E-state index < -0.39 is 0 Å². The van der Waals surface area contributed by atoms with Crippen molar-refractivity contribution in [1.82, 2.24) is 0 Å². The molecule has 0 saturated heterocycles. The van der Waals surface area contributed by atoms with Gasteiger partial charge >= 0.3 is 0 Å². The summed E-state index contributed by atoms with van der Waals surface area (Å²) >= 11 is 0. The van der Waals surface area contributed by atoms with Gasteiger partial charge in [0.2, 0.25) is 0 Å². The predicted molar refractivity (Wildman–Crippen MR) is 57.4 cm³/mol. The molecule has 0 aliphatic heterocycles. The Morgan fingerprint density at radius 3 is 1.92 bits per heavy atom. The molecule has 12 heavy (non-hydrogen) atoms. The Morgan fingerprint density at radius 2 is 1.58 bits per heavy atom. The van der Waals surface area contributed by atoms with Gasteiger partial charge < -0.3 is 0 Å². The molecule has 0 heteroatoms. The van der Waals surface area contributed by atoms with Crippen molar-refractivity contribution in [2.45, 2.75) is 66.7 Å². The number of hydrogen-bond acceptors (Lipinski definition) is 0. The molecule has 1 unspecified atom stereocenters. The van der Waals surface area contributed by atoms with Crippen LogP contribution in [0.3, 0.4) is 0 Å². The van der Waals surface area contributed by atoms with E-state index in [0.29, 0.717) is 5.41 Å². The molecule has 0 aromatic rings. The Balaban J connectivity index is 3.93. The van der Waals surface area contributed by atoms with Crippen molar-refractivity contribution in [3.63, 3.8) is 0 Å². The summed E-state index contributed by atoms with van der Waals surface area (Å²) in [6.45, 7) is 11.8. The maximum atomic E-state index is 2.44. The lowest BCUT2D eigenvalue weighted by Gasteiger charge is -2.34. The van der Waals surface area contributed by atoms with Gasteiger partial charge in [-0.25, -0.2) is 0 Å². The second kappa shape index (κ2) is 5.61. The molecular weight excluding hydrogens is 144 g/mol. The van der Waals surface area contributed by atoms with Crippen LogP contribution in [-0.4, -0.2) is 0 Å². The van der Waals surface area contributed by atoms with E-state index in [4.69, 9.17) is 0 Å². The normalized spacial score (nSPS) is 14.8. The fourth-order valence-corrected chi connectivity index (χ4v) is 1.81. The van der Waals surface area contributed by atoms with Gasteiger partial charge in [0.15, 0.2) is 0 Å². The average Bonchev–Trinajstić information content (AvgIpc) is 2.12. The van der Waals surface area contributed by atoms with Crippen LogP contribution in [0.25, 0.3) is 0 Å². The minimum atomic E-state index is 0.592. The van der Waals surface area contributed by atoms with Crippen molar-refractivity contribution in [2.75, 3.05) is 0 Å². The van der Waals surface area contributed by atoms with E-state index in [1.807, 2.05) is 0 Å². The molecule has 0 nitrogen and oxygen atoms in total. The summed E-state index contributed by atoms with van der Waals surface area (Å²) in [5, 5.41) is 0. The number of rotatable bonds is 6. The van der Waals surface area contributed by atoms with E-state index >= 15 is 0 Å². The first-order valence-electron chi connectivity index (χ1n) is 5.60. The summed E-state index contributed by atoms with van der Waals surface area (Å²) in [5.74, 6) is 0.896. The highest BCUT2D eigenvalue weighted by Gasteiger charge is 2.26. The number of hydrogen-bond donors (Lipinski definition) is 0. The maximum absolute atomic E-state index is 2.44. The van der Waals surface area contributed by atoms with Gasteiger partial charge in [0.1, 0.15) is 0 Å². The van der Waals surface area contributed by atoms with Gasteiger partial charge in [0.05, 0.1) is 0 Å². The van der Waals surface area contributed by atoms with Crippen LogP contribution >= 0.6 is 0 Å². The van der Waals surface area contributed by atoms with Crippen molar-refractivity contribution in [1.29, 1.82) is 0 Å². The third kappa shape index (κ3) is 3.16. The Bertz CT molecular complexity index is 101. The lowest BCUT2D eigenvalue weighted by molar-refractivity contribution is 0.171. The fraction of sp³-hybridized carbons (Fsp3) is 1.00. The Morgan fingerprint density at radius 1 is 1.08 bits per heavy atom. The first-order valence-corrected chi connectivity index (χ1v) is 5.60. The van der Waals surface area contributed by atoms with Crippen LogP contribution in [0.4, 0.5) is 0 Å². The molecule has 74 valence electrons. The van der Waals surface area contributed by atoms with Crippen LogP contribution in [0.15, 0.2) is 0 Å². The zero-order chi connectivity index (χ0) is 9.61. The quantitative estimate of drug-likeness (QED) is 0.545. The first kappa shape index (κ1) is 12.0. The van der Waals surface area contributed by atoms with Gasteiger partial charge in [-0.2, -0.15) is 0 Å². The molecule has 0 aliphatic carbocycles. The second-order valence-corrected chi connectivity index (χ2v) is 4.40. The van der Waals surface area contributed by atoms with E-state index in [9.17, 15) is 0 Å². The molecule has 0 N–H and O–H groups in total. The molecule has 1 atom stereocenters. The van der Waals surface area contributed by atoms with Crippen LogP contribution in [0, 0.1) is 11.3 Å². The highest BCUT2D eigenvalue weighted by molar-refractivity contribution is 4.76. The lowest BCUT2D eigenvalue weighted by atomic mass is 9.72. The topological polar surface area (TPSA) is 0 Å². The molecule has 0 amide bonds. The highest BCUT2D eigenvalue weighted by atomic mass is 14.3. The van der Waals surface area contributed by atoms with Crippen LogP contribution in [0.1, 0.15) is 66.7 Å². The van der Waals surface area contributed by atoms with Crippen molar-refractivity contribution >= 4 is 0 Å². The zero-order valence-corrected chi connectivity index (χ0v) is 9.61.